The maximum absolute atomic E-state index is 12.1. The highest BCUT2D eigenvalue weighted by Gasteiger charge is 2.18. The van der Waals surface area contributed by atoms with Gasteiger partial charge in [0, 0.05) is 13.1 Å². The number of carbonyl (C=O) groups is 2. The van der Waals surface area contributed by atoms with Crippen LogP contribution in [0.5, 0.6) is 0 Å². The Bertz CT molecular complexity index is 528. The second-order valence-electron chi connectivity index (χ2n) is 4.90. The van der Waals surface area contributed by atoms with Crippen molar-refractivity contribution < 1.29 is 14.7 Å². The summed E-state index contributed by atoms with van der Waals surface area (Å²) in [5.41, 5.74) is 0.151. The molecule has 7 heteroatoms. The topological polar surface area (TPSA) is 81.7 Å². The third kappa shape index (κ3) is 4.42. The summed E-state index contributed by atoms with van der Waals surface area (Å²) in [7, 11) is 0. The summed E-state index contributed by atoms with van der Waals surface area (Å²) < 4.78 is 0. The average molecular weight is 312 g/mol. The van der Waals surface area contributed by atoms with E-state index in [1.807, 2.05) is 4.90 Å². The van der Waals surface area contributed by atoms with Crippen molar-refractivity contribution in [3.63, 3.8) is 0 Å². The summed E-state index contributed by atoms with van der Waals surface area (Å²) in [6, 6.07) is 4.64. The number of halogens is 1. The van der Waals surface area contributed by atoms with Gasteiger partial charge in [0.1, 0.15) is 5.56 Å². The van der Waals surface area contributed by atoms with E-state index in [9.17, 15) is 9.59 Å². The molecule has 0 radical (unpaired) electrons. The zero-order valence-corrected chi connectivity index (χ0v) is 12.3. The van der Waals surface area contributed by atoms with Gasteiger partial charge in [0.2, 0.25) is 5.91 Å². The first-order valence-corrected chi connectivity index (χ1v) is 7.20. The molecule has 1 saturated heterocycles. The molecule has 1 fully saturated rings. The van der Waals surface area contributed by atoms with Crippen LogP contribution in [0.3, 0.4) is 0 Å². The summed E-state index contributed by atoms with van der Waals surface area (Å²) in [5, 5.41) is 15.2. The summed E-state index contributed by atoms with van der Waals surface area (Å²) in [5.74, 6) is -1.39. The van der Waals surface area contributed by atoms with Crippen molar-refractivity contribution in [3.8, 4) is 0 Å². The molecule has 1 aliphatic heterocycles. The SMILES string of the molecule is O=C(CN1CCCNCC1)Nc1cccc(Cl)c1C(=O)O. The van der Waals surface area contributed by atoms with E-state index in [2.05, 4.69) is 10.6 Å². The molecule has 1 amide bonds. The molecule has 1 aromatic rings. The molecule has 21 heavy (non-hydrogen) atoms. The Hall–Kier alpha value is -1.63. The maximum Gasteiger partial charge on any atom is 0.339 e. The summed E-state index contributed by atoms with van der Waals surface area (Å²) >= 11 is 5.87. The molecular weight excluding hydrogens is 294 g/mol. The minimum atomic E-state index is -1.16. The zero-order valence-electron chi connectivity index (χ0n) is 11.6. The highest BCUT2D eigenvalue weighted by Crippen LogP contribution is 2.24. The smallest absolute Gasteiger partial charge is 0.339 e. The van der Waals surface area contributed by atoms with Gasteiger partial charge in [-0.05, 0) is 31.6 Å². The molecular formula is C14H18ClN3O3. The molecule has 0 aromatic heterocycles. The molecule has 0 atom stereocenters. The standard InChI is InChI=1S/C14H18ClN3O3/c15-10-3-1-4-11(13(10)14(20)21)17-12(19)9-18-7-2-5-16-6-8-18/h1,3-4,16H,2,5-9H2,(H,17,19)(H,20,21). The maximum atomic E-state index is 12.1. The second-order valence-corrected chi connectivity index (χ2v) is 5.30. The minimum absolute atomic E-state index is 0.0787. The van der Waals surface area contributed by atoms with E-state index in [1.54, 1.807) is 6.07 Å². The van der Waals surface area contributed by atoms with Gasteiger partial charge >= 0.3 is 5.97 Å². The van der Waals surface area contributed by atoms with Gasteiger partial charge < -0.3 is 15.7 Å². The molecule has 1 aromatic carbocycles. The van der Waals surface area contributed by atoms with Crippen LogP contribution in [-0.2, 0) is 4.79 Å². The number of benzene rings is 1. The molecule has 6 nitrogen and oxygen atoms in total. The predicted octanol–water partition coefficient (Wildman–Crippen LogP) is 1.27. The van der Waals surface area contributed by atoms with Crippen LogP contribution in [0.25, 0.3) is 0 Å². The van der Waals surface area contributed by atoms with Gasteiger partial charge in [0.05, 0.1) is 17.3 Å². The summed E-state index contributed by atoms with van der Waals surface area (Å²) in [6.45, 7) is 3.70. The van der Waals surface area contributed by atoms with Crippen LogP contribution in [0, 0.1) is 0 Å². The molecule has 3 N–H and O–H groups in total. The van der Waals surface area contributed by atoms with E-state index in [-0.39, 0.29) is 28.7 Å². The Kier molecular flexibility index (Phi) is 5.55. The van der Waals surface area contributed by atoms with Gasteiger partial charge in [-0.3, -0.25) is 9.69 Å². The zero-order chi connectivity index (χ0) is 15.2. The van der Waals surface area contributed by atoms with Crippen LogP contribution in [0.4, 0.5) is 5.69 Å². The fraction of sp³-hybridized carbons (Fsp3) is 0.429. The minimum Gasteiger partial charge on any atom is -0.478 e. The number of carbonyl (C=O) groups excluding carboxylic acids is 1. The fourth-order valence-corrected chi connectivity index (χ4v) is 2.55. The number of nitrogens with zero attached hydrogens (tertiary/aromatic N) is 1. The van der Waals surface area contributed by atoms with E-state index in [0.29, 0.717) is 0 Å². The van der Waals surface area contributed by atoms with E-state index in [1.165, 1.54) is 12.1 Å². The molecule has 114 valence electrons. The Morgan fingerprint density at radius 2 is 2.14 bits per heavy atom. The lowest BCUT2D eigenvalue weighted by atomic mass is 10.1. The molecule has 0 bridgehead atoms. The van der Waals surface area contributed by atoms with Gasteiger partial charge in [-0.25, -0.2) is 4.79 Å². The molecule has 0 aliphatic carbocycles. The number of aromatic carboxylic acids is 1. The van der Waals surface area contributed by atoms with E-state index < -0.39 is 5.97 Å². The third-order valence-corrected chi connectivity index (χ3v) is 3.62. The number of nitrogens with one attached hydrogen (secondary N) is 2. The number of rotatable bonds is 4. The average Bonchev–Trinajstić information content (AvgIpc) is 2.66. The lowest BCUT2D eigenvalue weighted by Crippen LogP contribution is -2.35. The molecule has 0 spiro atoms. The first kappa shape index (κ1) is 15.8. The van der Waals surface area contributed by atoms with Crippen molar-refractivity contribution in [2.45, 2.75) is 6.42 Å². The Balaban J connectivity index is 2.02. The Morgan fingerprint density at radius 1 is 1.33 bits per heavy atom. The molecule has 1 heterocycles. The van der Waals surface area contributed by atoms with Crippen molar-refractivity contribution in [1.82, 2.24) is 10.2 Å². The van der Waals surface area contributed by atoms with Crippen LogP contribution in [-0.4, -0.2) is 54.6 Å². The van der Waals surface area contributed by atoms with Gasteiger partial charge in [-0.15, -0.1) is 0 Å². The Labute approximate surface area is 128 Å². The van der Waals surface area contributed by atoms with Gasteiger partial charge in [0.15, 0.2) is 0 Å². The largest absolute Gasteiger partial charge is 0.478 e. The summed E-state index contributed by atoms with van der Waals surface area (Å²) in [6.07, 6.45) is 0.991. The normalized spacial score (nSPS) is 16.2. The number of anilines is 1. The second kappa shape index (κ2) is 7.40. The number of amides is 1. The van der Waals surface area contributed by atoms with Crippen molar-refractivity contribution in [2.24, 2.45) is 0 Å². The van der Waals surface area contributed by atoms with Crippen molar-refractivity contribution in [1.29, 1.82) is 0 Å². The van der Waals surface area contributed by atoms with Crippen LogP contribution in [0.2, 0.25) is 5.02 Å². The lowest BCUT2D eigenvalue weighted by Gasteiger charge is -2.19. The first-order valence-electron chi connectivity index (χ1n) is 6.82. The van der Waals surface area contributed by atoms with Crippen LogP contribution in [0.15, 0.2) is 18.2 Å². The number of carboxylic acids is 1. The molecule has 2 rings (SSSR count). The van der Waals surface area contributed by atoms with Crippen molar-refractivity contribution in [3.05, 3.63) is 28.8 Å². The van der Waals surface area contributed by atoms with Gasteiger partial charge in [0.25, 0.3) is 0 Å². The van der Waals surface area contributed by atoms with Crippen molar-refractivity contribution in [2.75, 3.05) is 38.0 Å². The van der Waals surface area contributed by atoms with E-state index in [4.69, 9.17) is 16.7 Å². The number of hydrogen-bond donors (Lipinski definition) is 3. The molecule has 0 saturated carbocycles. The third-order valence-electron chi connectivity index (χ3n) is 3.30. The molecule has 0 unspecified atom stereocenters. The Morgan fingerprint density at radius 3 is 2.90 bits per heavy atom. The fourth-order valence-electron chi connectivity index (χ4n) is 2.30. The monoisotopic (exact) mass is 311 g/mol. The van der Waals surface area contributed by atoms with Crippen LogP contribution >= 0.6 is 11.6 Å². The van der Waals surface area contributed by atoms with Gasteiger partial charge in [-0.1, -0.05) is 17.7 Å². The van der Waals surface area contributed by atoms with Crippen LogP contribution in [0.1, 0.15) is 16.8 Å². The lowest BCUT2D eigenvalue weighted by molar-refractivity contribution is -0.117. The van der Waals surface area contributed by atoms with Gasteiger partial charge in [-0.2, -0.15) is 0 Å². The van der Waals surface area contributed by atoms with E-state index in [0.717, 1.165) is 32.6 Å². The first-order chi connectivity index (χ1) is 10.1. The predicted molar refractivity (Wildman–Crippen MR) is 81.0 cm³/mol. The quantitative estimate of drug-likeness (QED) is 0.780. The highest BCUT2D eigenvalue weighted by molar-refractivity contribution is 6.34. The number of carboxylic acid groups (broad SMARTS) is 1. The van der Waals surface area contributed by atoms with Crippen molar-refractivity contribution >= 4 is 29.2 Å². The number of hydrogen-bond acceptors (Lipinski definition) is 4. The summed E-state index contributed by atoms with van der Waals surface area (Å²) in [4.78, 5) is 25.3. The van der Waals surface area contributed by atoms with E-state index >= 15 is 0 Å². The molecule has 1 aliphatic rings. The highest BCUT2D eigenvalue weighted by atomic mass is 35.5. The van der Waals surface area contributed by atoms with Crippen LogP contribution < -0.4 is 10.6 Å².